The smallest absolute Gasteiger partial charge is 0.304 e. The molecule has 0 aliphatic carbocycles. The van der Waals surface area contributed by atoms with Crippen molar-refractivity contribution in [2.24, 2.45) is 0 Å². The van der Waals surface area contributed by atoms with Crippen molar-refractivity contribution < 1.29 is 14.6 Å². The number of hydrogen-bond acceptors (Lipinski definition) is 6. The molecule has 1 aromatic carbocycles. The van der Waals surface area contributed by atoms with Gasteiger partial charge in [-0.2, -0.15) is 0 Å². The summed E-state index contributed by atoms with van der Waals surface area (Å²) >= 11 is 2.84. The minimum absolute atomic E-state index is 0.119. The number of aromatic nitrogens is 2. The standard InChI is InChI=1S/C12H12N2O3S2/c1-17-9-5-3-2-4-8(9)11-13-14-12(19-11)18-7-6-10(15)16/h2-5H,6-7H2,1H3,(H,15,16). The highest BCUT2D eigenvalue weighted by Crippen LogP contribution is 2.34. The van der Waals surface area contributed by atoms with Crippen LogP contribution in [0.5, 0.6) is 5.75 Å². The summed E-state index contributed by atoms with van der Waals surface area (Å²) in [6.45, 7) is 0. The summed E-state index contributed by atoms with van der Waals surface area (Å²) in [6, 6.07) is 7.60. The van der Waals surface area contributed by atoms with Crippen molar-refractivity contribution in [3.63, 3.8) is 0 Å². The number of thioether (sulfide) groups is 1. The van der Waals surface area contributed by atoms with E-state index in [0.717, 1.165) is 20.7 Å². The Hall–Kier alpha value is -1.60. The third kappa shape index (κ3) is 3.68. The summed E-state index contributed by atoms with van der Waals surface area (Å²) < 4.78 is 6.04. The van der Waals surface area contributed by atoms with Crippen LogP contribution in [-0.2, 0) is 4.79 Å². The molecular weight excluding hydrogens is 284 g/mol. The number of ether oxygens (including phenoxy) is 1. The first-order chi connectivity index (χ1) is 9.20. The van der Waals surface area contributed by atoms with Gasteiger partial charge in [-0.05, 0) is 12.1 Å². The fourth-order valence-electron chi connectivity index (χ4n) is 1.42. The molecule has 0 bridgehead atoms. The number of rotatable bonds is 6. The molecule has 19 heavy (non-hydrogen) atoms. The molecule has 0 amide bonds. The van der Waals surface area contributed by atoms with Gasteiger partial charge in [0, 0.05) is 5.75 Å². The van der Waals surface area contributed by atoms with E-state index in [1.807, 2.05) is 24.3 Å². The average molecular weight is 296 g/mol. The summed E-state index contributed by atoms with van der Waals surface area (Å²) in [5.74, 6) is 0.443. The molecule has 2 aromatic rings. The molecule has 0 saturated carbocycles. The number of aliphatic carboxylic acids is 1. The summed E-state index contributed by atoms with van der Waals surface area (Å²) in [5, 5.41) is 17.5. The molecule has 2 rings (SSSR count). The Labute approximate surface area is 118 Å². The van der Waals surface area contributed by atoms with Crippen LogP contribution in [0.4, 0.5) is 0 Å². The van der Waals surface area contributed by atoms with E-state index < -0.39 is 5.97 Å². The molecule has 100 valence electrons. The molecule has 0 spiro atoms. The monoisotopic (exact) mass is 296 g/mol. The van der Waals surface area contributed by atoms with Crippen LogP contribution in [0.2, 0.25) is 0 Å². The van der Waals surface area contributed by atoms with E-state index in [9.17, 15) is 4.79 Å². The molecule has 0 saturated heterocycles. The van der Waals surface area contributed by atoms with E-state index in [-0.39, 0.29) is 6.42 Å². The predicted octanol–water partition coefficient (Wildman–Crippen LogP) is 2.78. The first-order valence-electron chi connectivity index (χ1n) is 5.52. The zero-order valence-corrected chi connectivity index (χ0v) is 11.8. The van der Waals surface area contributed by atoms with Crippen LogP contribution in [0, 0.1) is 0 Å². The maximum Gasteiger partial charge on any atom is 0.304 e. The Morgan fingerprint density at radius 2 is 2.21 bits per heavy atom. The summed E-state index contributed by atoms with van der Waals surface area (Å²) in [7, 11) is 1.61. The van der Waals surface area contributed by atoms with Crippen molar-refractivity contribution >= 4 is 29.1 Å². The van der Waals surface area contributed by atoms with Crippen molar-refractivity contribution in [2.75, 3.05) is 12.9 Å². The highest BCUT2D eigenvalue weighted by Gasteiger charge is 2.11. The molecule has 0 unspecified atom stereocenters. The van der Waals surface area contributed by atoms with Crippen LogP contribution in [0.1, 0.15) is 6.42 Å². The topological polar surface area (TPSA) is 72.3 Å². The van der Waals surface area contributed by atoms with Crippen LogP contribution in [-0.4, -0.2) is 34.1 Å². The SMILES string of the molecule is COc1ccccc1-c1nnc(SCCC(=O)O)s1. The van der Waals surface area contributed by atoms with Crippen molar-refractivity contribution in [1.29, 1.82) is 0 Å². The lowest BCUT2D eigenvalue weighted by Gasteiger charge is -2.03. The van der Waals surface area contributed by atoms with Gasteiger partial charge in [0.2, 0.25) is 0 Å². The molecule has 0 fully saturated rings. The Balaban J connectivity index is 2.10. The van der Waals surface area contributed by atoms with Gasteiger partial charge in [0.25, 0.3) is 0 Å². The maximum atomic E-state index is 10.4. The lowest BCUT2D eigenvalue weighted by molar-refractivity contribution is -0.136. The van der Waals surface area contributed by atoms with Crippen molar-refractivity contribution in [3.05, 3.63) is 24.3 Å². The molecule has 1 aromatic heterocycles. The van der Waals surface area contributed by atoms with Gasteiger partial charge < -0.3 is 9.84 Å². The molecule has 0 atom stereocenters. The Morgan fingerprint density at radius 3 is 2.95 bits per heavy atom. The number of methoxy groups -OCH3 is 1. The maximum absolute atomic E-state index is 10.4. The second-order valence-electron chi connectivity index (χ2n) is 3.57. The number of carboxylic acid groups (broad SMARTS) is 1. The largest absolute Gasteiger partial charge is 0.496 e. The Kier molecular flexibility index (Phi) is 4.75. The second-order valence-corrected chi connectivity index (χ2v) is 5.89. The number of carboxylic acids is 1. The second kappa shape index (κ2) is 6.53. The summed E-state index contributed by atoms with van der Waals surface area (Å²) in [4.78, 5) is 10.4. The van der Waals surface area contributed by atoms with Crippen molar-refractivity contribution in [1.82, 2.24) is 10.2 Å². The molecule has 0 radical (unpaired) electrons. The van der Waals surface area contributed by atoms with Crippen molar-refractivity contribution in [3.8, 4) is 16.3 Å². The van der Waals surface area contributed by atoms with Crippen LogP contribution in [0.3, 0.4) is 0 Å². The van der Waals surface area contributed by atoms with Crippen molar-refractivity contribution in [2.45, 2.75) is 10.8 Å². The number of carbonyl (C=O) groups is 1. The van der Waals surface area contributed by atoms with E-state index >= 15 is 0 Å². The highest BCUT2D eigenvalue weighted by atomic mass is 32.2. The molecule has 5 nitrogen and oxygen atoms in total. The first-order valence-corrected chi connectivity index (χ1v) is 7.32. The molecule has 0 aliphatic rings. The normalized spacial score (nSPS) is 10.4. The molecule has 1 N–H and O–H groups in total. The number of hydrogen-bond donors (Lipinski definition) is 1. The molecule has 0 aliphatic heterocycles. The fourth-order valence-corrected chi connectivity index (χ4v) is 3.30. The Bertz CT molecular complexity index is 572. The zero-order valence-electron chi connectivity index (χ0n) is 10.2. The van der Waals surface area contributed by atoms with Gasteiger partial charge in [0.1, 0.15) is 5.75 Å². The van der Waals surface area contributed by atoms with Gasteiger partial charge >= 0.3 is 5.97 Å². The number of nitrogens with zero attached hydrogens (tertiary/aromatic N) is 2. The highest BCUT2D eigenvalue weighted by molar-refractivity contribution is 8.01. The zero-order chi connectivity index (χ0) is 13.7. The number of para-hydroxylation sites is 1. The average Bonchev–Trinajstić information content (AvgIpc) is 2.87. The van der Waals surface area contributed by atoms with Gasteiger partial charge in [-0.3, -0.25) is 4.79 Å². The van der Waals surface area contributed by atoms with Gasteiger partial charge in [-0.25, -0.2) is 0 Å². The van der Waals surface area contributed by atoms with E-state index in [2.05, 4.69) is 10.2 Å². The van der Waals surface area contributed by atoms with Crippen LogP contribution in [0.15, 0.2) is 28.6 Å². The minimum atomic E-state index is -0.804. The van der Waals surface area contributed by atoms with Gasteiger partial charge in [-0.1, -0.05) is 35.2 Å². The molecular formula is C12H12N2O3S2. The summed E-state index contributed by atoms with van der Waals surface area (Å²) in [5.41, 5.74) is 0.896. The minimum Gasteiger partial charge on any atom is -0.496 e. The van der Waals surface area contributed by atoms with E-state index in [1.54, 1.807) is 7.11 Å². The third-order valence-electron chi connectivity index (χ3n) is 2.29. The summed E-state index contributed by atoms with van der Waals surface area (Å²) in [6.07, 6.45) is 0.119. The van der Waals surface area contributed by atoms with Crippen LogP contribution in [0.25, 0.3) is 10.6 Å². The molecule has 1 heterocycles. The van der Waals surface area contributed by atoms with E-state index in [4.69, 9.17) is 9.84 Å². The predicted molar refractivity (Wildman–Crippen MR) is 74.9 cm³/mol. The van der Waals surface area contributed by atoms with Crippen LogP contribution < -0.4 is 4.74 Å². The number of benzene rings is 1. The van der Waals surface area contributed by atoms with E-state index in [1.165, 1.54) is 23.1 Å². The first kappa shape index (κ1) is 13.8. The fraction of sp³-hybridized carbons (Fsp3) is 0.250. The molecule has 7 heteroatoms. The van der Waals surface area contributed by atoms with E-state index in [0.29, 0.717) is 5.75 Å². The van der Waals surface area contributed by atoms with Gasteiger partial charge in [-0.15, -0.1) is 10.2 Å². The van der Waals surface area contributed by atoms with Crippen LogP contribution >= 0.6 is 23.1 Å². The van der Waals surface area contributed by atoms with Gasteiger partial charge in [0.15, 0.2) is 9.35 Å². The third-order valence-corrected chi connectivity index (χ3v) is 4.38. The lowest BCUT2D eigenvalue weighted by atomic mass is 10.2. The Morgan fingerprint density at radius 1 is 1.42 bits per heavy atom. The quantitative estimate of drug-likeness (QED) is 0.826. The van der Waals surface area contributed by atoms with Gasteiger partial charge in [0.05, 0.1) is 19.1 Å². The lowest BCUT2D eigenvalue weighted by Crippen LogP contribution is -1.95.